The van der Waals surface area contributed by atoms with Gasteiger partial charge in [0.05, 0.1) is 18.8 Å². The Morgan fingerprint density at radius 1 is 0.825 bits per heavy atom. The van der Waals surface area contributed by atoms with Crippen LogP contribution in [0.2, 0.25) is 0 Å². The quantitative estimate of drug-likeness (QED) is 0.0930. The Kier molecular flexibility index (Phi) is 13.5. The molecule has 40 heavy (non-hydrogen) atoms. The first kappa shape index (κ1) is 33.7. The lowest BCUT2D eigenvalue weighted by Gasteiger charge is -2.26. The molecule has 11 N–H and O–H groups in total. The van der Waals surface area contributed by atoms with Crippen molar-refractivity contribution in [3.63, 3.8) is 0 Å². The topological polar surface area (TPSA) is 278 Å². The smallest absolute Gasteiger partial charge is 0.326 e. The van der Waals surface area contributed by atoms with Gasteiger partial charge in [-0.05, 0) is 38.0 Å². The molecule has 222 valence electrons. The van der Waals surface area contributed by atoms with Crippen LogP contribution in [0.5, 0.6) is 5.75 Å². The van der Waals surface area contributed by atoms with Gasteiger partial charge in [0, 0.05) is 12.8 Å². The second-order valence-electron chi connectivity index (χ2n) is 9.01. The Labute approximate surface area is 228 Å². The molecule has 6 atom stereocenters. The monoisotopic (exact) mass is 569 g/mol. The second-order valence-corrected chi connectivity index (χ2v) is 9.01. The lowest BCUT2D eigenvalue weighted by atomic mass is 10.0. The number of carboxylic acid groups (broad SMARTS) is 2. The van der Waals surface area contributed by atoms with E-state index in [0.29, 0.717) is 5.56 Å². The van der Waals surface area contributed by atoms with Crippen molar-refractivity contribution in [2.75, 3.05) is 6.61 Å². The lowest BCUT2D eigenvalue weighted by molar-refractivity contribution is -0.143. The molecule has 1 aromatic rings. The summed E-state index contributed by atoms with van der Waals surface area (Å²) in [4.78, 5) is 72.3. The third kappa shape index (κ3) is 11.2. The van der Waals surface area contributed by atoms with E-state index in [1.807, 2.05) is 0 Å². The molecule has 0 saturated carbocycles. The van der Waals surface area contributed by atoms with E-state index < -0.39 is 84.9 Å². The van der Waals surface area contributed by atoms with E-state index in [4.69, 9.17) is 10.8 Å². The van der Waals surface area contributed by atoms with Crippen LogP contribution in [0.4, 0.5) is 0 Å². The Hall–Kier alpha value is -4.28. The van der Waals surface area contributed by atoms with Crippen molar-refractivity contribution in [2.45, 2.75) is 69.4 Å². The van der Waals surface area contributed by atoms with Crippen molar-refractivity contribution in [1.29, 1.82) is 0 Å². The molecule has 0 aliphatic rings. The lowest BCUT2D eigenvalue weighted by Crippen LogP contribution is -2.60. The summed E-state index contributed by atoms with van der Waals surface area (Å²) in [6, 6.07) is -1.62. The molecule has 0 saturated heterocycles. The summed E-state index contributed by atoms with van der Waals surface area (Å²) in [7, 11) is 0. The summed E-state index contributed by atoms with van der Waals surface area (Å²) in [6.07, 6.45) is -2.27. The predicted octanol–water partition coefficient (Wildman–Crippen LogP) is -3.46. The van der Waals surface area contributed by atoms with E-state index in [1.165, 1.54) is 38.1 Å². The van der Waals surface area contributed by atoms with Crippen molar-refractivity contribution in [3.8, 4) is 5.75 Å². The van der Waals surface area contributed by atoms with Gasteiger partial charge in [0.2, 0.25) is 23.6 Å². The van der Waals surface area contributed by atoms with Crippen LogP contribution < -0.4 is 27.0 Å². The number of rotatable bonds is 16. The summed E-state index contributed by atoms with van der Waals surface area (Å²) in [5, 5.41) is 55.9. The number of aliphatic hydroxyl groups excluding tert-OH is 2. The van der Waals surface area contributed by atoms with Crippen LogP contribution >= 0.6 is 0 Å². The van der Waals surface area contributed by atoms with E-state index >= 15 is 0 Å². The molecule has 0 unspecified atom stereocenters. The number of aliphatic carboxylic acids is 2. The number of carbonyl (C=O) groups is 6. The zero-order chi connectivity index (χ0) is 30.6. The second kappa shape index (κ2) is 16.0. The SMILES string of the molecule is C[C@H](NC(=O)[C@H](CO)NC(=O)[C@@H](N)CCC(=O)O)C(=O)N[C@H](C(=O)N[C@@H](Cc1ccc(O)cc1)C(=O)O)[C@@H](C)O. The predicted molar refractivity (Wildman–Crippen MR) is 136 cm³/mol. The highest BCUT2D eigenvalue weighted by atomic mass is 16.4. The minimum absolute atomic E-state index is 0.0373. The number of aliphatic hydroxyl groups is 2. The number of amides is 4. The number of hydrogen-bond acceptors (Lipinski definition) is 10. The zero-order valence-corrected chi connectivity index (χ0v) is 21.9. The van der Waals surface area contributed by atoms with Crippen LogP contribution in [0, 0.1) is 0 Å². The number of carbonyl (C=O) groups excluding carboxylic acids is 4. The maximum absolute atomic E-state index is 12.8. The summed E-state index contributed by atoms with van der Waals surface area (Å²) < 4.78 is 0. The number of phenolic OH excluding ortho intramolecular Hbond substituents is 1. The third-order valence-corrected chi connectivity index (χ3v) is 5.63. The Bertz CT molecular complexity index is 1060. The molecule has 0 aromatic heterocycles. The van der Waals surface area contributed by atoms with Gasteiger partial charge >= 0.3 is 11.9 Å². The fraction of sp³-hybridized carbons (Fsp3) is 0.500. The highest BCUT2D eigenvalue weighted by Gasteiger charge is 2.32. The molecule has 0 aliphatic carbocycles. The number of nitrogens with two attached hydrogens (primary N) is 1. The van der Waals surface area contributed by atoms with Gasteiger partial charge in [0.25, 0.3) is 0 Å². The van der Waals surface area contributed by atoms with Crippen molar-refractivity contribution >= 4 is 35.6 Å². The molecular weight excluding hydrogens is 534 g/mol. The van der Waals surface area contributed by atoms with Gasteiger partial charge in [0.1, 0.15) is 29.9 Å². The normalized spacial score (nSPS) is 15.3. The van der Waals surface area contributed by atoms with Crippen LogP contribution in [0.25, 0.3) is 0 Å². The summed E-state index contributed by atoms with van der Waals surface area (Å²) in [5.74, 6) is -6.49. The molecular formula is C24H35N5O11. The van der Waals surface area contributed by atoms with Crippen LogP contribution in [-0.4, -0.2) is 104 Å². The van der Waals surface area contributed by atoms with Gasteiger partial charge in [-0.15, -0.1) is 0 Å². The molecule has 0 fully saturated rings. The zero-order valence-electron chi connectivity index (χ0n) is 21.9. The van der Waals surface area contributed by atoms with Crippen LogP contribution in [0.15, 0.2) is 24.3 Å². The number of nitrogens with one attached hydrogen (secondary N) is 4. The molecule has 0 heterocycles. The molecule has 1 aromatic carbocycles. The highest BCUT2D eigenvalue weighted by molar-refractivity contribution is 5.95. The van der Waals surface area contributed by atoms with Crippen molar-refractivity contribution < 1.29 is 54.3 Å². The van der Waals surface area contributed by atoms with Crippen molar-refractivity contribution in [2.24, 2.45) is 5.73 Å². The first-order valence-electron chi connectivity index (χ1n) is 12.1. The summed E-state index contributed by atoms with van der Waals surface area (Å²) in [5.41, 5.74) is 6.05. The number of carboxylic acids is 2. The number of hydrogen-bond donors (Lipinski definition) is 10. The molecule has 0 bridgehead atoms. The van der Waals surface area contributed by atoms with Gasteiger partial charge < -0.3 is 52.5 Å². The largest absolute Gasteiger partial charge is 0.508 e. The standard InChI is InChI=1S/C24H35N5O11/c1-11(26-22(37)17(10-30)28-21(36)15(25)7-8-18(33)34)20(35)29-19(12(2)31)23(38)27-16(24(39)40)9-13-3-5-14(32)6-4-13/h3-6,11-12,15-17,19,30-32H,7-10,25H2,1-2H3,(H,26,37)(H,27,38)(H,28,36)(H,29,35)(H,33,34)(H,39,40)/t11-,12+,15-,16-,17-,19-/m0/s1. The van der Waals surface area contributed by atoms with E-state index in [0.717, 1.165) is 0 Å². The summed E-state index contributed by atoms with van der Waals surface area (Å²) >= 11 is 0. The molecule has 0 aliphatic heterocycles. The Balaban J connectivity index is 2.79. The number of aromatic hydroxyl groups is 1. The molecule has 0 radical (unpaired) electrons. The minimum atomic E-state index is -1.62. The van der Waals surface area contributed by atoms with Crippen molar-refractivity contribution in [1.82, 2.24) is 21.3 Å². The first-order chi connectivity index (χ1) is 18.7. The fourth-order valence-electron chi connectivity index (χ4n) is 3.28. The Morgan fingerprint density at radius 3 is 1.90 bits per heavy atom. The molecule has 16 heteroatoms. The van der Waals surface area contributed by atoms with Gasteiger partial charge in [0.15, 0.2) is 0 Å². The van der Waals surface area contributed by atoms with Crippen LogP contribution in [0.3, 0.4) is 0 Å². The maximum atomic E-state index is 12.8. The third-order valence-electron chi connectivity index (χ3n) is 5.63. The molecule has 0 spiro atoms. The average molecular weight is 570 g/mol. The Morgan fingerprint density at radius 2 is 1.40 bits per heavy atom. The van der Waals surface area contributed by atoms with Crippen LogP contribution in [0.1, 0.15) is 32.3 Å². The van der Waals surface area contributed by atoms with Gasteiger partial charge in [-0.25, -0.2) is 4.79 Å². The minimum Gasteiger partial charge on any atom is -0.508 e. The molecule has 4 amide bonds. The average Bonchev–Trinajstić information content (AvgIpc) is 2.88. The van der Waals surface area contributed by atoms with E-state index in [-0.39, 0.29) is 18.6 Å². The first-order valence-corrected chi connectivity index (χ1v) is 12.1. The van der Waals surface area contributed by atoms with Crippen LogP contribution in [-0.2, 0) is 35.2 Å². The summed E-state index contributed by atoms with van der Waals surface area (Å²) in [6.45, 7) is 1.51. The fourth-order valence-corrected chi connectivity index (χ4v) is 3.28. The van der Waals surface area contributed by atoms with Gasteiger partial charge in [-0.1, -0.05) is 12.1 Å². The number of phenols is 1. The molecule has 1 rings (SSSR count). The van der Waals surface area contributed by atoms with E-state index in [1.54, 1.807) is 0 Å². The van der Waals surface area contributed by atoms with Crippen molar-refractivity contribution in [3.05, 3.63) is 29.8 Å². The van der Waals surface area contributed by atoms with E-state index in [2.05, 4.69) is 21.3 Å². The van der Waals surface area contributed by atoms with E-state index in [9.17, 15) is 49.2 Å². The van der Waals surface area contributed by atoms with Gasteiger partial charge in [-0.3, -0.25) is 24.0 Å². The van der Waals surface area contributed by atoms with Gasteiger partial charge in [-0.2, -0.15) is 0 Å². The number of benzene rings is 1. The molecule has 16 nitrogen and oxygen atoms in total. The highest BCUT2D eigenvalue weighted by Crippen LogP contribution is 2.12. The maximum Gasteiger partial charge on any atom is 0.326 e.